The standard InChI is InChI=1S/C24H28N4O7S/c25-19(21(31)36-16-20(29)30)12-7-13-26-22(27-23(32)34-14-17-8-3-1-4-9-17)28-24(33)35-15-18-10-5-2-6-11-18/h1-6,8-11,19H,7,12-16,25H2,(H,29,30)(H2,26,27,28,32,33)/t19-/m0/s1. The van der Waals surface area contributed by atoms with Gasteiger partial charge in [0, 0.05) is 6.54 Å². The van der Waals surface area contributed by atoms with Gasteiger partial charge in [0.25, 0.3) is 0 Å². The maximum Gasteiger partial charge on any atom is 0.414 e. The summed E-state index contributed by atoms with van der Waals surface area (Å²) in [6.45, 7) is 0.143. The van der Waals surface area contributed by atoms with E-state index in [4.69, 9.17) is 20.3 Å². The van der Waals surface area contributed by atoms with Crippen LogP contribution < -0.4 is 16.4 Å². The Bertz CT molecular complexity index is 976. The van der Waals surface area contributed by atoms with Crippen LogP contribution in [0.15, 0.2) is 65.7 Å². The summed E-state index contributed by atoms with van der Waals surface area (Å²) in [5.74, 6) is -1.66. The molecule has 0 fully saturated rings. The summed E-state index contributed by atoms with van der Waals surface area (Å²) in [6.07, 6.45) is -1.10. The number of carboxylic acids is 1. The van der Waals surface area contributed by atoms with Crippen molar-refractivity contribution in [3.05, 3.63) is 71.8 Å². The van der Waals surface area contributed by atoms with Crippen LogP contribution in [0.3, 0.4) is 0 Å². The number of rotatable bonds is 11. The average molecular weight is 517 g/mol. The number of hydrogen-bond donors (Lipinski definition) is 4. The smallest absolute Gasteiger partial charge is 0.414 e. The summed E-state index contributed by atoms with van der Waals surface area (Å²) in [4.78, 5) is 51.0. The second-order valence-electron chi connectivity index (χ2n) is 7.35. The number of carboxylic acid groups (broad SMARTS) is 1. The molecule has 2 aromatic rings. The molecular formula is C24H28N4O7S. The molecule has 0 saturated heterocycles. The van der Waals surface area contributed by atoms with E-state index in [1.807, 2.05) is 36.4 Å². The molecule has 36 heavy (non-hydrogen) atoms. The van der Waals surface area contributed by atoms with E-state index in [2.05, 4.69) is 15.6 Å². The summed E-state index contributed by atoms with van der Waals surface area (Å²) < 4.78 is 10.3. The number of nitrogens with two attached hydrogens (primary N) is 1. The third-order valence-corrected chi connectivity index (χ3v) is 5.43. The highest BCUT2D eigenvalue weighted by Gasteiger charge is 2.16. The van der Waals surface area contributed by atoms with Crippen molar-refractivity contribution in [3.8, 4) is 0 Å². The first-order valence-corrected chi connectivity index (χ1v) is 12.0. The monoisotopic (exact) mass is 516 g/mol. The molecule has 11 nitrogen and oxygen atoms in total. The van der Waals surface area contributed by atoms with E-state index in [9.17, 15) is 19.2 Å². The number of aliphatic carboxylic acids is 1. The van der Waals surface area contributed by atoms with Crippen LogP contribution in [-0.2, 0) is 32.3 Å². The van der Waals surface area contributed by atoms with Gasteiger partial charge in [-0.05, 0) is 24.0 Å². The molecule has 0 aliphatic heterocycles. The lowest BCUT2D eigenvalue weighted by atomic mass is 10.2. The molecule has 0 heterocycles. The second-order valence-corrected chi connectivity index (χ2v) is 8.33. The fourth-order valence-electron chi connectivity index (χ4n) is 2.68. The Morgan fingerprint density at radius 1 is 0.889 bits per heavy atom. The van der Waals surface area contributed by atoms with Gasteiger partial charge in [-0.3, -0.25) is 25.2 Å². The van der Waals surface area contributed by atoms with Gasteiger partial charge >= 0.3 is 18.2 Å². The summed E-state index contributed by atoms with van der Waals surface area (Å²) in [5, 5.41) is 12.9. The van der Waals surface area contributed by atoms with Crippen molar-refractivity contribution in [2.75, 3.05) is 12.3 Å². The molecule has 1 atom stereocenters. The maximum atomic E-state index is 12.2. The SMILES string of the molecule is N[C@@H](CCCN=C(NC(=O)OCc1ccccc1)NC(=O)OCc1ccccc1)C(=O)SCC(=O)O. The number of hydrogen-bond acceptors (Lipinski definition) is 9. The fraction of sp³-hybridized carbons (Fsp3) is 0.292. The molecule has 0 aromatic heterocycles. The molecule has 2 rings (SSSR count). The fourth-order valence-corrected chi connectivity index (χ4v) is 3.28. The van der Waals surface area contributed by atoms with E-state index in [1.165, 1.54) is 0 Å². The number of amides is 2. The molecule has 0 aliphatic carbocycles. The van der Waals surface area contributed by atoms with E-state index in [-0.39, 0.29) is 37.9 Å². The van der Waals surface area contributed by atoms with Gasteiger partial charge < -0.3 is 20.3 Å². The molecular weight excluding hydrogens is 488 g/mol. The average Bonchev–Trinajstić information content (AvgIpc) is 2.88. The summed E-state index contributed by atoms with van der Waals surface area (Å²) in [5.41, 5.74) is 7.34. The molecule has 0 bridgehead atoms. The summed E-state index contributed by atoms with van der Waals surface area (Å²) in [6, 6.07) is 17.2. The van der Waals surface area contributed by atoms with Crippen molar-refractivity contribution in [1.82, 2.24) is 10.6 Å². The minimum atomic E-state index is -1.11. The predicted octanol–water partition coefficient (Wildman–Crippen LogP) is 2.65. The third-order valence-electron chi connectivity index (χ3n) is 4.45. The number of nitrogens with one attached hydrogen (secondary N) is 2. The van der Waals surface area contributed by atoms with Gasteiger partial charge in [0.15, 0.2) is 0 Å². The number of benzene rings is 2. The van der Waals surface area contributed by atoms with Crippen LogP contribution in [-0.4, -0.2) is 52.7 Å². The zero-order valence-electron chi connectivity index (χ0n) is 19.4. The number of carbonyl (C=O) groups excluding carboxylic acids is 3. The molecule has 12 heteroatoms. The minimum Gasteiger partial charge on any atom is -0.481 e. The number of thioether (sulfide) groups is 1. The van der Waals surface area contributed by atoms with E-state index in [0.717, 1.165) is 11.1 Å². The van der Waals surface area contributed by atoms with Gasteiger partial charge in [0.2, 0.25) is 11.1 Å². The first-order chi connectivity index (χ1) is 17.3. The van der Waals surface area contributed by atoms with Crippen molar-refractivity contribution in [2.45, 2.75) is 32.1 Å². The number of carbonyl (C=O) groups is 4. The zero-order chi connectivity index (χ0) is 26.2. The van der Waals surface area contributed by atoms with Gasteiger partial charge in [-0.2, -0.15) is 0 Å². The Hall–Kier alpha value is -3.90. The van der Waals surface area contributed by atoms with Crippen LogP contribution in [0.2, 0.25) is 0 Å². The van der Waals surface area contributed by atoms with E-state index in [0.29, 0.717) is 18.2 Å². The highest BCUT2D eigenvalue weighted by Crippen LogP contribution is 2.08. The van der Waals surface area contributed by atoms with Crippen molar-refractivity contribution >= 4 is 41.0 Å². The summed E-state index contributed by atoms with van der Waals surface area (Å²) >= 11 is 0.635. The van der Waals surface area contributed by atoms with Gasteiger partial charge in [0.1, 0.15) is 13.2 Å². The molecule has 0 radical (unpaired) electrons. The molecule has 0 aliphatic rings. The van der Waals surface area contributed by atoms with Crippen LogP contribution >= 0.6 is 11.8 Å². The molecule has 0 spiro atoms. The van der Waals surface area contributed by atoms with Crippen molar-refractivity contribution in [2.24, 2.45) is 10.7 Å². The number of nitrogens with zero attached hydrogens (tertiary/aromatic N) is 1. The molecule has 5 N–H and O–H groups in total. The van der Waals surface area contributed by atoms with E-state index in [1.54, 1.807) is 24.3 Å². The van der Waals surface area contributed by atoms with Gasteiger partial charge in [-0.15, -0.1) is 0 Å². The zero-order valence-corrected chi connectivity index (χ0v) is 20.2. The largest absolute Gasteiger partial charge is 0.481 e. The quantitative estimate of drug-likeness (QED) is 0.199. The number of aliphatic imine (C=N–C) groups is 1. The Balaban J connectivity index is 1.89. The number of guanidine groups is 1. The van der Waals surface area contributed by atoms with Crippen LogP contribution in [0.25, 0.3) is 0 Å². The first kappa shape index (κ1) is 28.3. The van der Waals surface area contributed by atoms with Gasteiger partial charge in [-0.1, -0.05) is 72.4 Å². The van der Waals surface area contributed by atoms with Crippen LogP contribution in [0.5, 0.6) is 0 Å². The lowest BCUT2D eigenvalue weighted by Gasteiger charge is -2.12. The number of alkyl carbamates (subject to hydrolysis) is 2. The molecule has 2 aromatic carbocycles. The lowest BCUT2D eigenvalue weighted by Crippen LogP contribution is -2.44. The van der Waals surface area contributed by atoms with Crippen molar-refractivity contribution < 1.29 is 33.8 Å². The summed E-state index contributed by atoms with van der Waals surface area (Å²) in [7, 11) is 0. The molecule has 0 saturated carbocycles. The minimum absolute atomic E-state index is 0.0172. The van der Waals surface area contributed by atoms with Gasteiger partial charge in [0.05, 0.1) is 11.8 Å². The Labute approximate surface area is 212 Å². The van der Waals surface area contributed by atoms with E-state index < -0.39 is 29.3 Å². The van der Waals surface area contributed by atoms with Crippen LogP contribution in [0, 0.1) is 0 Å². The van der Waals surface area contributed by atoms with Crippen LogP contribution in [0.1, 0.15) is 24.0 Å². The highest BCUT2D eigenvalue weighted by atomic mass is 32.2. The molecule has 192 valence electrons. The normalized spacial score (nSPS) is 11.0. The maximum absolute atomic E-state index is 12.2. The van der Waals surface area contributed by atoms with Crippen molar-refractivity contribution in [3.63, 3.8) is 0 Å². The molecule has 2 amide bonds. The Kier molecular flexibility index (Phi) is 12.5. The van der Waals surface area contributed by atoms with Gasteiger partial charge in [-0.25, -0.2) is 9.59 Å². The topological polar surface area (TPSA) is 169 Å². The predicted molar refractivity (Wildman–Crippen MR) is 134 cm³/mol. The third kappa shape index (κ3) is 12.0. The van der Waals surface area contributed by atoms with E-state index >= 15 is 0 Å². The lowest BCUT2D eigenvalue weighted by molar-refractivity contribution is -0.134. The highest BCUT2D eigenvalue weighted by molar-refractivity contribution is 8.14. The second kappa shape index (κ2) is 15.9. The molecule has 0 unspecified atom stereocenters. The first-order valence-electron chi connectivity index (χ1n) is 11.0. The van der Waals surface area contributed by atoms with Crippen LogP contribution in [0.4, 0.5) is 9.59 Å². The Morgan fingerprint density at radius 3 is 1.86 bits per heavy atom. The number of ether oxygens (including phenoxy) is 2. The van der Waals surface area contributed by atoms with Crippen molar-refractivity contribution in [1.29, 1.82) is 0 Å². The Morgan fingerprint density at radius 2 is 1.39 bits per heavy atom.